The Kier molecular flexibility index (Phi) is 5.51. The van der Waals surface area contributed by atoms with Gasteiger partial charge < -0.3 is 4.42 Å². The molecule has 4 aromatic rings. The Hall–Kier alpha value is -2.89. The summed E-state index contributed by atoms with van der Waals surface area (Å²) in [7, 11) is -3.66. The number of rotatable bonds is 7. The first-order valence-corrected chi connectivity index (χ1v) is 11.0. The van der Waals surface area contributed by atoms with Crippen LogP contribution < -0.4 is 0 Å². The van der Waals surface area contributed by atoms with Gasteiger partial charge in [-0.3, -0.25) is 0 Å². The summed E-state index contributed by atoms with van der Waals surface area (Å²) in [4.78, 5) is 0.290. The van der Waals surface area contributed by atoms with E-state index in [1.807, 2.05) is 67.6 Å². The summed E-state index contributed by atoms with van der Waals surface area (Å²) in [6.45, 7) is 2.65. The molecule has 0 aliphatic heterocycles. The number of nitrogens with zero attached hydrogens (tertiary/aromatic N) is 1. The fourth-order valence-corrected chi connectivity index (χ4v) is 4.87. The number of hydrogen-bond donors (Lipinski definition) is 0. The number of sulfonamides is 1. The molecule has 0 radical (unpaired) electrons. The Morgan fingerprint density at radius 2 is 1.52 bits per heavy atom. The zero-order chi connectivity index (χ0) is 20.3. The minimum atomic E-state index is -3.66. The van der Waals surface area contributed by atoms with Gasteiger partial charge in [0.15, 0.2) is 0 Å². The molecule has 4 nitrogen and oxygen atoms in total. The smallest absolute Gasteiger partial charge is 0.243 e. The Morgan fingerprint density at radius 3 is 2.21 bits per heavy atom. The third kappa shape index (κ3) is 4.26. The standard InChI is InChI=1S/C24H23NO3S/c1-19-18-28-24-13-12-22(16-23(19)24)29(26,27)25(17-21-10-6-3-7-11-21)15-14-20-8-4-2-5-9-20/h2-13,16,18H,14-15,17H2,1H3. The summed E-state index contributed by atoms with van der Waals surface area (Å²) in [5.74, 6) is 0. The predicted octanol–water partition coefficient (Wildman–Crippen LogP) is 5.17. The van der Waals surface area contributed by atoms with Crippen molar-refractivity contribution in [1.29, 1.82) is 0 Å². The first-order chi connectivity index (χ1) is 14.0. The Morgan fingerprint density at radius 1 is 0.862 bits per heavy atom. The Bertz CT molecular complexity index is 1200. The van der Waals surface area contributed by atoms with Crippen LogP contribution in [0.5, 0.6) is 0 Å². The SMILES string of the molecule is Cc1coc2ccc(S(=O)(=O)N(CCc3ccccc3)Cc3ccccc3)cc12. The number of benzene rings is 3. The lowest BCUT2D eigenvalue weighted by Gasteiger charge is -2.22. The average molecular weight is 406 g/mol. The molecular formula is C24H23NO3S. The Labute approximate surface area is 171 Å². The lowest BCUT2D eigenvalue weighted by atomic mass is 10.1. The summed E-state index contributed by atoms with van der Waals surface area (Å²) in [5.41, 5.74) is 3.70. The molecule has 4 rings (SSSR count). The molecule has 1 aromatic heterocycles. The zero-order valence-electron chi connectivity index (χ0n) is 16.3. The van der Waals surface area contributed by atoms with E-state index in [1.54, 1.807) is 28.8 Å². The van der Waals surface area contributed by atoms with Gasteiger partial charge in [0.1, 0.15) is 5.58 Å². The van der Waals surface area contributed by atoms with Crippen LogP contribution in [0.2, 0.25) is 0 Å². The molecule has 0 saturated heterocycles. The molecule has 29 heavy (non-hydrogen) atoms. The van der Waals surface area contributed by atoms with Gasteiger partial charge in [0.25, 0.3) is 0 Å². The molecule has 0 atom stereocenters. The molecule has 148 valence electrons. The largest absolute Gasteiger partial charge is 0.464 e. The highest BCUT2D eigenvalue weighted by molar-refractivity contribution is 7.89. The third-order valence-electron chi connectivity index (χ3n) is 5.07. The second-order valence-corrected chi connectivity index (χ2v) is 9.07. The Balaban J connectivity index is 1.67. The van der Waals surface area contributed by atoms with Gasteiger partial charge in [-0.1, -0.05) is 60.7 Å². The minimum Gasteiger partial charge on any atom is -0.464 e. The fourth-order valence-electron chi connectivity index (χ4n) is 3.41. The molecule has 0 saturated carbocycles. The molecule has 5 heteroatoms. The molecule has 0 bridgehead atoms. The number of hydrogen-bond acceptors (Lipinski definition) is 3. The summed E-state index contributed by atoms with van der Waals surface area (Å²) in [6, 6.07) is 24.7. The van der Waals surface area contributed by atoms with Crippen molar-refractivity contribution >= 4 is 21.0 Å². The number of aryl methyl sites for hydroxylation is 1. The molecule has 1 heterocycles. The van der Waals surface area contributed by atoms with Crippen LogP contribution in [0, 0.1) is 6.92 Å². The highest BCUT2D eigenvalue weighted by atomic mass is 32.2. The van der Waals surface area contributed by atoms with E-state index in [2.05, 4.69) is 0 Å². The molecule has 0 N–H and O–H groups in total. The summed E-state index contributed by atoms with van der Waals surface area (Å²) in [6.07, 6.45) is 2.30. The van der Waals surface area contributed by atoms with Crippen LogP contribution in [0.3, 0.4) is 0 Å². The second kappa shape index (κ2) is 8.23. The van der Waals surface area contributed by atoms with Gasteiger partial charge in [-0.05, 0) is 48.2 Å². The van der Waals surface area contributed by atoms with Gasteiger partial charge in [-0.15, -0.1) is 0 Å². The van der Waals surface area contributed by atoms with Gasteiger partial charge >= 0.3 is 0 Å². The van der Waals surface area contributed by atoms with Crippen molar-refractivity contribution in [1.82, 2.24) is 4.31 Å². The summed E-state index contributed by atoms with van der Waals surface area (Å²) in [5, 5.41) is 0.828. The van der Waals surface area contributed by atoms with Crippen LogP contribution in [0.4, 0.5) is 0 Å². The zero-order valence-corrected chi connectivity index (χ0v) is 17.1. The summed E-state index contributed by atoms with van der Waals surface area (Å²) < 4.78 is 34.1. The topological polar surface area (TPSA) is 50.5 Å². The molecular weight excluding hydrogens is 382 g/mol. The van der Waals surface area contributed by atoms with Crippen LogP contribution in [-0.2, 0) is 23.0 Å². The van der Waals surface area contributed by atoms with Gasteiger partial charge in [-0.25, -0.2) is 8.42 Å². The molecule has 0 aliphatic rings. The lowest BCUT2D eigenvalue weighted by molar-refractivity contribution is 0.409. The first kappa shape index (κ1) is 19.4. The lowest BCUT2D eigenvalue weighted by Crippen LogP contribution is -2.32. The maximum atomic E-state index is 13.5. The van der Waals surface area contributed by atoms with E-state index >= 15 is 0 Å². The van der Waals surface area contributed by atoms with E-state index in [9.17, 15) is 8.42 Å². The third-order valence-corrected chi connectivity index (χ3v) is 6.91. The van der Waals surface area contributed by atoms with Gasteiger partial charge in [0.05, 0.1) is 11.2 Å². The maximum Gasteiger partial charge on any atom is 0.243 e. The van der Waals surface area contributed by atoms with Crippen LogP contribution in [0.1, 0.15) is 16.7 Å². The highest BCUT2D eigenvalue weighted by Crippen LogP contribution is 2.26. The van der Waals surface area contributed by atoms with E-state index in [1.165, 1.54) is 0 Å². The van der Waals surface area contributed by atoms with E-state index < -0.39 is 10.0 Å². The second-order valence-electron chi connectivity index (χ2n) is 7.14. The summed E-state index contributed by atoms with van der Waals surface area (Å²) >= 11 is 0. The van der Waals surface area contributed by atoms with E-state index in [0.717, 1.165) is 22.1 Å². The van der Waals surface area contributed by atoms with E-state index in [0.29, 0.717) is 30.0 Å². The van der Waals surface area contributed by atoms with Crippen molar-refractivity contribution in [3.05, 3.63) is 102 Å². The van der Waals surface area contributed by atoms with Crippen molar-refractivity contribution in [3.63, 3.8) is 0 Å². The minimum absolute atomic E-state index is 0.290. The van der Waals surface area contributed by atoms with E-state index in [4.69, 9.17) is 4.42 Å². The molecule has 0 fully saturated rings. The molecule has 0 spiro atoms. The highest BCUT2D eigenvalue weighted by Gasteiger charge is 2.25. The molecule has 0 amide bonds. The van der Waals surface area contributed by atoms with Crippen molar-refractivity contribution in [2.24, 2.45) is 0 Å². The van der Waals surface area contributed by atoms with Crippen molar-refractivity contribution in [3.8, 4) is 0 Å². The number of fused-ring (bicyclic) bond motifs is 1. The molecule has 0 aliphatic carbocycles. The van der Waals surface area contributed by atoms with Crippen LogP contribution >= 0.6 is 0 Å². The van der Waals surface area contributed by atoms with Crippen LogP contribution in [0.25, 0.3) is 11.0 Å². The van der Waals surface area contributed by atoms with Crippen molar-refractivity contribution in [2.75, 3.05) is 6.54 Å². The first-order valence-electron chi connectivity index (χ1n) is 9.60. The van der Waals surface area contributed by atoms with E-state index in [-0.39, 0.29) is 0 Å². The maximum absolute atomic E-state index is 13.5. The quantitative estimate of drug-likeness (QED) is 0.426. The van der Waals surface area contributed by atoms with Crippen LogP contribution in [-0.4, -0.2) is 19.3 Å². The predicted molar refractivity (Wildman–Crippen MR) is 115 cm³/mol. The van der Waals surface area contributed by atoms with Crippen LogP contribution in [0.15, 0.2) is 94.4 Å². The van der Waals surface area contributed by atoms with Crippen molar-refractivity contribution < 1.29 is 12.8 Å². The fraction of sp³-hybridized carbons (Fsp3) is 0.167. The molecule has 0 unspecified atom stereocenters. The van der Waals surface area contributed by atoms with Crippen molar-refractivity contribution in [2.45, 2.75) is 24.8 Å². The van der Waals surface area contributed by atoms with Gasteiger partial charge in [0, 0.05) is 18.5 Å². The molecule has 3 aromatic carbocycles. The van der Waals surface area contributed by atoms with Gasteiger partial charge in [0.2, 0.25) is 10.0 Å². The van der Waals surface area contributed by atoms with Gasteiger partial charge in [-0.2, -0.15) is 4.31 Å². The normalized spacial score (nSPS) is 11.9. The monoisotopic (exact) mass is 405 g/mol. The average Bonchev–Trinajstić information content (AvgIpc) is 3.13. The number of furan rings is 1.